The first-order chi connectivity index (χ1) is 7.43. The molecule has 16 heavy (non-hydrogen) atoms. The number of aryl methyl sites for hydroxylation is 2. The van der Waals surface area contributed by atoms with Crippen molar-refractivity contribution in [2.24, 2.45) is 0 Å². The fourth-order valence-electron chi connectivity index (χ4n) is 2.11. The predicted octanol–water partition coefficient (Wildman–Crippen LogP) is 3.56. The number of hydrogen-bond acceptors (Lipinski definition) is 1. The van der Waals surface area contributed by atoms with E-state index >= 15 is 0 Å². The van der Waals surface area contributed by atoms with Gasteiger partial charge in [0.25, 0.3) is 0 Å². The van der Waals surface area contributed by atoms with Crippen molar-refractivity contribution in [3.8, 4) is 0 Å². The fraction of sp³-hybridized carbons (Fsp3) is 0.467. The van der Waals surface area contributed by atoms with E-state index in [0.717, 1.165) is 12.8 Å². The minimum Gasteiger partial charge on any atom is -0.390 e. The Morgan fingerprint density at radius 1 is 1.25 bits per heavy atom. The summed E-state index contributed by atoms with van der Waals surface area (Å²) >= 11 is 0. The van der Waals surface area contributed by atoms with E-state index in [9.17, 15) is 5.11 Å². The van der Waals surface area contributed by atoms with Gasteiger partial charge in [-0.3, -0.25) is 0 Å². The molecule has 1 nitrogen and oxygen atoms in total. The molecule has 1 aromatic rings. The zero-order valence-electron chi connectivity index (χ0n) is 10.6. The monoisotopic (exact) mass is 218 g/mol. The van der Waals surface area contributed by atoms with Gasteiger partial charge in [-0.25, -0.2) is 0 Å². The molecule has 0 aliphatic rings. The number of benzene rings is 1. The van der Waals surface area contributed by atoms with Crippen molar-refractivity contribution < 1.29 is 5.11 Å². The van der Waals surface area contributed by atoms with Crippen molar-refractivity contribution >= 4 is 0 Å². The normalized spacial score (nSPS) is 14.5. The van der Waals surface area contributed by atoms with Gasteiger partial charge in [0.05, 0.1) is 5.60 Å². The van der Waals surface area contributed by atoms with Gasteiger partial charge in [0.15, 0.2) is 0 Å². The van der Waals surface area contributed by atoms with Crippen LogP contribution >= 0.6 is 0 Å². The van der Waals surface area contributed by atoms with E-state index < -0.39 is 5.60 Å². The lowest BCUT2D eigenvalue weighted by Crippen LogP contribution is -2.26. The highest BCUT2D eigenvalue weighted by molar-refractivity contribution is 5.29. The third kappa shape index (κ3) is 4.19. The summed E-state index contributed by atoms with van der Waals surface area (Å²) in [4.78, 5) is 0. The third-order valence-corrected chi connectivity index (χ3v) is 2.75. The molecule has 0 aliphatic heterocycles. The highest BCUT2D eigenvalue weighted by Crippen LogP contribution is 2.20. The fourth-order valence-corrected chi connectivity index (χ4v) is 2.11. The molecule has 0 spiro atoms. The summed E-state index contributed by atoms with van der Waals surface area (Å²) in [5.41, 5.74) is 3.10. The van der Waals surface area contributed by atoms with Crippen LogP contribution in [0.4, 0.5) is 0 Å². The summed E-state index contributed by atoms with van der Waals surface area (Å²) in [6.07, 6.45) is 4.20. The second-order valence-corrected chi connectivity index (χ2v) is 5.00. The maximum Gasteiger partial charge on any atom is 0.0662 e. The average Bonchev–Trinajstić information content (AvgIpc) is 2.12. The Labute approximate surface area is 98.8 Å². The van der Waals surface area contributed by atoms with Gasteiger partial charge in [-0.2, -0.15) is 0 Å². The quantitative estimate of drug-likeness (QED) is 0.749. The highest BCUT2D eigenvalue weighted by Gasteiger charge is 2.19. The highest BCUT2D eigenvalue weighted by atomic mass is 16.3. The summed E-state index contributed by atoms with van der Waals surface area (Å²) < 4.78 is 0. The van der Waals surface area contributed by atoms with Crippen LogP contribution in [0.25, 0.3) is 0 Å². The molecular weight excluding hydrogens is 196 g/mol. The number of aliphatic hydroxyl groups is 1. The minimum absolute atomic E-state index is 0.631. The Kier molecular flexibility index (Phi) is 4.31. The van der Waals surface area contributed by atoms with Gasteiger partial charge in [-0.1, -0.05) is 35.4 Å². The second kappa shape index (κ2) is 5.31. The van der Waals surface area contributed by atoms with Crippen LogP contribution in [-0.4, -0.2) is 10.7 Å². The van der Waals surface area contributed by atoms with Crippen molar-refractivity contribution in [2.45, 2.75) is 45.6 Å². The number of hydrogen-bond donors (Lipinski definition) is 1. The van der Waals surface area contributed by atoms with Crippen molar-refractivity contribution in [1.29, 1.82) is 0 Å². The molecule has 88 valence electrons. The Bertz CT molecular complexity index is 343. The summed E-state index contributed by atoms with van der Waals surface area (Å²) in [7, 11) is 0. The molecule has 1 heteroatoms. The van der Waals surface area contributed by atoms with Crippen molar-refractivity contribution in [3.63, 3.8) is 0 Å². The SMILES string of the molecule is C=CCCC(C)(O)Cc1cc(C)cc(C)c1. The Balaban J connectivity index is 2.74. The van der Waals surface area contributed by atoms with Gasteiger partial charge >= 0.3 is 0 Å². The molecule has 1 unspecified atom stereocenters. The molecule has 0 aromatic heterocycles. The van der Waals surface area contributed by atoms with Crippen LogP contribution in [0.15, 0.2) is 30.9 Å². The first-order valence-corrected chi connectivity index (χ1v) is 5.83. The van der Waals surface area contributed by atoms with Crippen molar-refractivity contribution in [3.05, 3.63) is 47.5 Å². The molecule has 1 aromatic carbocycles. The molecule has 0 heterocycles. The molecule has 1 rings (SSSR count). The third-order valence-electron chi connectivity index (χ3n) is 2.75. The zero-order valence-corrected chi connectivity index (χ0v) is 10.6. The van der Waals surface area contributed by atoms with E-state index in [-0.39, 0.29) is 0 Å². The second-order valence-electron chi connectivity index (χ2n) is 5.00. The molecule has 0 saturated heterocycles. The van der Waals surface area contributed by atoms with Gasteiger partial charge in [-0.15, -0.1) is 6.58 Å². The maximum absolute atomic E-state index is 10.2. The Morgan fingerprint density at radius 3 is 2.31 bits per heavy atom. The van der Waals surface area contributed by atoms with Gasteiger partial charge in [0, 0.05) is 6.42 Å². The standard InChI is InChI=1S/C15H22O/c1-5-6-7-15(4,16)11-14-9-12(2)8-13(3)10-14/h5,8-10,16H,1,6-7,11H2,2-4H3. The number of allylic oxidation sites excluding steroid dienone is 1. The van der Waals surface area contributed by atoms with Crippen molar-refractivity contribution in [1.82, 2.24) is 0 Å². The first kappa shape index (κ1) is 13.0. The lowest BCUT2D eigenvalue weighted by atomic mass is 9.90. The Hall–Kier alpha value is -1.08. The molecular formula is C15H22O. The van der Waals surface area contributed by atoms with Crippen LogP contribution in [0.3, 0.4) is 0 Å². The van der Waals surface area contributed by atoms with E-state index in [0.29, 0.717) is 6.42 Å². The number of rotatable bonds is 5. The van der Waals surface area contributed by atoms with Crippen LogP contribution in [0.2, 0.25) is 0 Å². The van der Waals surface area contributed by atoms with Gasteiger partial charge < -0.3 is 5.11 Å². The first-order valence-electron chi connectivity index (χ1n) is 5.83. The van der Waals surface area contributed by atoms with Crippen LogP contribution in [0.1, 0.15) is 36.5 Å². The van der Waals surface area contributed by atoms with E-state index in [2.05, 4.69) is 38.6 Å². The maximum atomic E-state index is 10.2. The van der Waals surface area contributed by atoms with E-state index in [4.69, 9.17) is 0 Å². The van der Waals surface area contributed by atoms with E-state index in [1.54, 1.807) is 0 Å². The van der Waals surface area contributed by atoms with Gasteiger partial charge in [0.2, 0.25) is 0 Å². The lowest BCUT2D eigenvalue weighted by Gasteiger charge is -2.23. The van der Waals surface area contributed by atoms with Crippen LogP contribution in [0, 0.1) is 13.8 Å². The molecule has 0 aliphatic carbocycles. The molecule has 0 bridgehead atoms. The zero-order chi connectivity index (χ0) is 12.2. The molecule has 1 N–H and O–H groups in total. The Morgan fingerprint density at radius 2 is 1.81 bits per heavy atom. The summed E-state index contributed by atoms with van der Waals surface area (Å²) in [6.45, 7) is 9.77. The lowest BCUT2D eigenvalue weighted by molar-refractivity contribution is 0.0523. The molecule has 0 amide bonds. The van der Waals surface area contributed by atoms with Crippen LogP contribution in [-0.2, 0) is 6.42 Å². The molecule has 0 saturated carbocycles. The topological polar surface area (TPSA) is 20.2 Å². The molecule has 0 fully saturated rings. The van der Waals surface area contributed by atoms with Gasteiger partial charge in [-0.05, 0) is 39.2 Å². The molecule has 0 radical (unpaired) electrons. The summed E-state index contributed by atoms with van der Waals surface area (Å²) in [5, 5.41) is 10.2. The van der Waals surface area contributed by atoms with Gasteiger partial charge in [0.1, 0.15) is 0 Å². The smallest absolute Gasteiger partial charge is 0.0662 e. The molecule has 1 atom stereocenters. The van der Waals surface area contributed by atoms with Crippen LogP contribution in [0.5, 0.6) is 0 Å². The average molecular weight is 218 g/mol. The largest absolute Gasteiger partial charge is 0.390 e. The van der Waals surface area contributed by atoms with E-state index in [1.807, 2.05) is 13.0 Å². The summed E-state index contributed by atoms with van der Waals surface area (Å²) in [5.74, 6) is 0. The van der Waals surface area contributed by atoms with Crippen molar-refractivity contribution in [2.75, 3.05) is 0 Å². The predicted molar refractivity (Wildman–Crippen MR) is 69.7 cm³/mol. The van der Waals surface area contributed by atoms with Crippen LogP contribution < -0.4 is 0 Å². The summed E-state index contributed by atoms with van der Waals surface area (Å²) in [6, 6.07) is 6.45. The minimum atomic E-state index is -0.631. The van der Waals surface area contributed by atoms with E-state index in [1.165, 1.54) is 16.7 Å².